The molecule has 9 heteroatoms. The molecule has 0 aromatic heterocycles. The Kier molecular flexibility index (Phi) is 12.6. The SMILES string of the molecule is CCS(=O)(=O)OS(=O)(=O)CC.[NaH].[NaH]. The van der Waals surface area contributed by atoms with E-state index in [-0.39, 0.29) is 70.6 Å². The molecule has 0 fully saturated rings. The third-order valence-electron chi connectivity index (χ3n) is 0.914. The Balaban J connectivity index is -0.000000500. The van der Waals surface area contributed by atoms with E-state index in [2.05, 4.69) is 3.63 Å². The van der Waals surface area contributed by atoms with Crippen LogP contribution in [0.25, 0.3) is 0 Å². The minimum atomic E-state index is -3.88. The van der Waals surface area contributed by atoms with E-state index in [0.717, 1.165) is 0 Å². The van der Waals surface area contributed by atoms with E-state index in [1.54, 1.807) is 0 Å². The maximum absolute atomic E-state index is 10.6. The van der Waals surface area contributed by atoms with Crippen molar-refractivity contribution in [1.29, 1.82) is 0 Å². The van der Waals surface area contributed by atoms with Gasteiger partial charge in [-0.1, -0.05) is 0 Å². The second-order valence-corrected chi connectivity index (χ2v) is 5.69. The van der Waals surface area contributed by atoms with Crippen LogP contribution < -0.4 is 0 Å². The molecule has 0 atom stereocenters. The molecule has 0 bridgehead atoms. The van der Waals surface area contributed by atoms with Gasteiger partial charge in [-0.2, -0.15) is 16.8 Å². The average molecular weight is 250 g/mol. The average Bonchev–Trinajstić information content (AvgIpc) is 1.86. The summed E-state index contributed by atoms with van der Waals surface area (Å²) in [5, 5.41) is 0. The summed E-state index contributed by atoms with van der Waals surface area (Å²) in [5.41, 5.74) is 0. The van der Waals surface area contributed by atoms with Gasteiger partial charge in [-0.15, -0.1) is 3.63 Å². The van der Waals surface area contributed by atoms with Crippen LogP contribution in [0.5, 0.6) is 0 Å². The van der Waals surface area contributed by atoms with Gasteiger partial charge in [0.1, 0.15) is 0 Å². The van der Waals surface area contributed by atoms with Crippen LogP contribution in [-0.4, -0.2) is 87.5 Å². The second-order valence-electron chi connectivity index (χ2n) is 1.76. The Morgan fingerprint density at radius 2 is 1.08 bits per heavy atom. The van der Waals surface area contributed by atoms with Crippen molar-refractivity contribution in [2.24, 2.45) is 0 Å². The predicted molar refractivity (Wildman–Crippen MR) is 54.3 cm³/mol. The van der Waals surface area contributed by atoms with Gasteiger partial charge in [0, 0.05) is 0 Å². The van der Waals surface area contributed by atoms with E-state index in [0.29, 0.717) is 0 Å². The topological polar surface area (TPSA) is 77.5 Å². The summed E-state index contributed by atoms with van der Waals surface area (Å²) in [7, 11) is -7.75. The predicted octanol–water partition coefficient (Wildman–Crippen LogP) is -1.59. The third-order valence-corrected chi connectivity index (χ3v) is 3.99. The molecule has 72 valence electrons. The summed E-state index contributed by atoms with van der Waals surface area (Å²) >= 11 is 0. The van der Waals surface area contributed by atoms with Crippen molar-refractivity contribution in [1.82, 2.24) is 0 Å². The van der Waals surface area contributed by atoms with Crippen molar-refractivity contribution >= 4 is 79.4 Å². The Morgan fingerprint density at radius 3 is 1.23 bits per heavy atom. The van der Waals surface area contributed by atoms with E-state index >= 15 is 0 Å². The van der Waals surface area contributed by atoms with Crippen LogP contribution in [0.1, 0.15) is 13.8 Å². The molecule has 0 rings (SSSR count). The monoisotopic (exact) mass is 250 g/mol. The zero-order valence-corrected chi connectivity index (χ0v) is 7.90. The molecule has 0 saturated carbocycles. The fraction of sp³-hybridized carbons (Fsp3) is 1.00. The van der Waals surface area contributed by atoms with Gasteiger partial charge < -0.3 is 0 Å². The molecular weight excluding hydrogens is 238 g/mol. The van der Waals surface area contributed by atoms with Crippen LogP contribution in [0.4, 0.5) is 0 Å². The molecule has 0 aromatic rings. The molecule has 0 unspecified atom stereocenters. The molecule has 0 N–H and O–H groups in total. The van der Waals surface area contributed by atoms with E-state index in [9.17, 15) is 16.8 Å². The Bertz CT molecular complexity index is 273. The summed E-state index contributed by atoms with van der Waals surface area (Å²) in [6.45, 7) is 2.61. The van der Waals surface area contributed by atoms with E-state index in [1.165, 1.54) is 13.8 Å². The van der Waals surface area contributed by atoms with Gasteiger partial charge in [0.25, 0.3) is 20.2 Å². The van der Waals surface area contributed by atoms with Crippen LogP contribution in [0, 0.1) is 0 Å². The van der Waals surface area contributed by atoms with E-state index in [1.807, 2.05) is 0 Å². The minimum absolute atomic E-state index is 0. The first-order valence-corrected chi connectivity index (χ1v) is 6.15. The first-order valence-electron chi connectivity index (χ1n) is 2.99. The van der Waals surface area contributed by atoms with Gasteiger partial charge >= 0.3 is 59.1 Å². The number of rotatable bonds is 4. The Labute approximate surface area is 123 Å². The van der Waals surface area contributed by atoms with Crippen LogP contribution in [0.15, 0.2) is 0 Å². The van der Waals surface area contributed by atoms with Crippen molar-refractivity contribution in [3.05, 3.63) is 0 Å². The number of hydrogen-bond donors (Lipinski definition) is 0. The summed E-state index contributed by atoms with van der Waals surface area (Å²) < 4.78 is 46.2. The van der Waals surface area contributed by atoms with Crippen LogP contribution in [0.3, 0.4) is 0 Å². The van der Waals surface area contributed by atoms with Crippen molar-refractivity contribution < 1.29 is 20.5 Å². The van der Waals surface area contributed by atoms with Gasteiger partial charge in [-0.3, -0.25) is 0 Å². The number of hydrogen-bond acceptors (Lipinski definition) is 5. The van der Waals surface area contributed by atoms with Crippen molar-refractivity contribution in [2.45, 2.75) is 13.8 Å². The standard InChI is InChI=1S/C4H10O5S2.2Na.2H/c1-3-10(5,6)9-11(7,8)4-2;;;;/h3-4H2,1-2H3;;;;. The summed E-state index contributed by atoms with van der Waals surface area (Å²) in [6.07, 6.45) is 0. The fourth-order valence-corrected chi connectivity index (χ4v) is 2.29. The molecular formula is C4H12Na2O5S2. The molecule has 0 aliphatic carbocycles. The molecule has 0 spiro atoms. The molecule has 0 radical (unpaired) electrons. The van der Waals surface area contributed by atoms with E-state index < -0.39 is 20.2 Å². The summed E-state index contributed by atoms with van der Waals surface area (Å²) in [6, 6.07) is 0. The zero-order valence-electron chi connectivity index (χ0n) is 6.27. The van der Waals surface area contributed by atoms with Crippen molar-refractivity contribution in [2.75, 3.05) is 11.5 Å². The molecule has 0 heterocycles. The Hall–Kier alpha value is 1.86. The maximum atomic E-state index is 10.6. The summed E-state index contributed by atoms with van der Waals surface area (Å²) in [4.78, 5) is 0. The van der Waals surface area contributed by atoms with E-state index in [4.69, 9.17) is 0 Å². The third kappa shape index (κ3) is 10.1. The fourth-order valence-electron chi connectivity index (χ4n) is 0.254. The van der Waals surface area contributed by atoms with Crippen LogP contribution in [0.2, 0.25) is 0 Å². The van der Waals surface area contributed by atoms with Gasteiger partial charge in [0.05, 0.1) is 11.5 Å². The quantitative estimate of drug-likeness (QED) is 0.562. The molecule has 0 aliphatic rings. The van der Waals surface area contributed by atoms with Crippen molar-refractivity contribution in [3.8, 4) is 0 Å². The molecule has 0 amide bonds. The van der Waals surface area contributed by atoms with Crippen LogP contribution >= 0.6 is 0 Å². The zero-order chi connectivity index (χ0) is 9.12. The second kappa shape index (κ2) is 8.06. The molecule has 0 saturated heterocycles. The summed E-state index contributed by atoms with van der Waals surface area (Å²) in [5.74, 6) is -0.682. The molecule has 0 aromatic carbocycles. The molecule has 13 heavy (non-hydrogen) atoms. The Morgan fingerprint density at radius 1 is 0.846 bits per heavy atom. The normalized spacial score (nSPS) is 11.2. The first-order chi connectivity index (χ1) is 4.83. The molecule has 0 aliphatic heterocycles. The van der Waals surface area contributed by atoms with Crippen LogP contribution in [-0.2, 0) is 23.9 Å². The van der Waals surface area contributed by atoms with Gasteiger partial charge in [-0.05, 0) is 13.8 Å². The van der Waals surface area contributed by atoms with Gasteiger partial charge in [0.15, 0.2) is 0 Å². The van der Waals surface area contributed by atoms with Gasteiger partial charge in [0.2, 0.25) is 0 Å². The first kappa shape index (κ1) is 20.3. The van der Waals surface area contributed by atoms with Gasteiger partial charge in [-0.25, -0.2) is 0 Å². The molecule has 5 nitrogen and oxygen atoms in total. The van der Waals surface area contributed by atoms with Crippen molar-refractivity contribution in [3.63, 3.8) is 0 Å².